The second-order valence-corrected chi connectivity index (χ2v) is 4.99. The maximum atomic E-state index is 5.30. The summed E-state index contributed by atoms with van der Waals surface area (Å²) in [5.41, 5.74) is 3.17. The molecule has 0 saturated heterocycles. The number of ether oxygens (including phenoxy) is 2. The number of rotatable bonds is 4. The third-order valence-electron chi connectivity index (χ3n) is 3.27. The van der Waals surface area contributed by atoms with E-state index in [2.05, 4.69) is 9.97 Å². The third-order valence-corrected chi connectivity index (χ3v) is 3.67. The zero-order chi connectivity index (χ0) is 14.7. The lowest BCUT2D eigenvalue weighted by atomic mass is 10.1. The first-order valence-corrected chi connectivity index (χ1v) is 6.73. The maximum Gasteiger partial charge on any atom is 0.161 e. The van der Waals surface area contributed by atoms with E-state index in [-0.39, 0.29) is 0 Å². The van der Waals surface area contributed by atoms with Crippen molar-refractivity contribution in [1.82, 2.24) is 9.97 Å². The molecule has 0 aliphatic carbocycles. The summed E-state index contributed by atoms with van der Waals surface area (Å²) in [5, 5.41) is 0. The zero-order valence-electron chi connectivity index (χ0n) is 12.1. The molecule has 0 aliphatic heterocycles. The zero-order valence-corrected chi connectivity index (χ0v) is 12.9. The van der Waals surface area contributed by atoms with Crippen molar-refractivity contribution in [3.8, 4) is 11.5 Å². The molecule has 5 heteroatoms. The molecule has 1 aromatic carbocycles. The Morgan fingerprint density at radius 1 is 1.15 bits per heavy atom. The van der Waals surface area contributed by atoms with Crippen molar-refractivity contribution in [1.29, 1.82) is 0 Å². The largest absolute Gasteiger partial charge is 0.493 e. The Kier molecular flexibility index (Phi) is 4.39. The van der Waals surface area contributed by atoms with Gasteiger partial charge in [0.1, 0.15) is 10.5 Å². The molecule has 0 radical (unpaired) electrons. The molecular formula is C15H18N2O2S. The van der Waals surface area contributed by atoms with Crippen LogP contribution in [0.5, 0.6) is 11.5 Å². The Balaban J connectivity index is 2.33. The summed E-state index contributed by atoms with van der Waals surface area (Å²) >= 11 is 5.26. The lowest BCUT2D eigenvalue weighted by Gasteiger charge is -2.10. The van der Waals surface area contributed by atoms with E-state index in [1.807, 2.05) is 32.0 Å². The molecule has 106 valence electrons. The van der Waals surface area contributed by atoms with E-state index in [1.54, 1.807) is 14.2 Å². The Morgan fingerprint density at radius 2 is 1.85 bits per heavy atom. The summed E-state index contributed by atoms with van der Waals surface area (Å²) < 4.78 is 11.2. The van der Waals surface area contributed by atoms with Crippen LogP contribution in [0.15, 0.2) is 18.2 Å². The number of nitrogens with zero attached hydrogens (tertiary/aromatic N) is 1. The Labute approximate surface area is 123 Å². The third kappa shape index (κ3) is 2.99. The Bertz CT molecular complexity index is 680. The van der Waals surface area contributed by atoms with Crippen molar-refractivity contribution in [3.05, 3.63) is 45.5 Å². The van der Waals surface area contributed by atoms with Crippen molar-refractivity contribution < 1.29 is 9.47 Å². The first kappa shape index (κ1) is 14.5. The van der Waals surface area contributed by atoms with Gasteiger partial charge in [0.2, 0.25) is 0 Å². The van der Waals surface area contributed by atoms with Crippen molar-refractivity contribution in [2.24, 2.45) is 0 Å². The molecule has 20 heavy (non-hydrogen) atoms. The first-order chi connectivity index (χ1) is 9.55. The smallest absolute Gasteiger partial charge is 0.161 e. The first-order valence-electron chi connectivity index (χ1n) is 6.32. The van der Waals surface area contributed by atoms with E-state index < -0.39 is 0 Å². The lowest BCUT2D eigenvalue weighted by molar-refractivity contribution is 0.354. The van der Waals surface area contributed by atoms with Crippen LogP contribution in [-0.2, 0) is 6.42 Å². The number of methoxy groups -OCH3 is 2. The number of aryl methyl sites for hydroxylation is 1. The second-order valence-electron chi connectivity index (χ2n) is 4.60. The van der Waals surface area contributed by atoms with Crippen LogP contribution in [0.25, 0.3) is 0 Å². The molecule has 0 atom stereocenters. The number of aromatic amines is 1. The van der Waals surface area contributed by atoms with Crippen LogP contribution in [0, 0.1) is 18.5 Å². The molecule has 0 aliphatic rings. The highest BCUT2D eigenvalue weighted by atomic mass is 32.1. The van der Waals surface area contributed by atoms with Gasteiger partial charge in [-0.2, -0.15) is 0 Å². The highest BCUT2D eigenvalue weighted by Gasteiger charge is 2.07. The van der Waals surface area contributed by atoms with Crippen LogP contribution in [-0.4, -0.2) is 24.2 Å². The molecule has 1 N–H and O–H groups in total. The van der Waals surface area contributed by atoms with E-state index in [1.165, 1.54) is 0 Å². The van der Waals surface area contributed by atoms with Crippen molar-refractivity contribution in [2.45, 2.75) is 20.3 Å². The van der Waals surface area contributed by atoms with Gasteiger partial charge in [0, 0.05) is 17.7 Å². The molecular weight excluding hydrogens is 272 g/mol. The summed E-state index contributed by atoms with van der Waals surface area (Å²) in [6, 6.07) is 5.84. The molecule has 0 unspecified atom stereocenters. The van der Waals surface area contributed by atoms with E-state index in [0.29, 0.717) is 16.8 Å². The molecule has 2 aromatic rings. The highest BCUT2D eigenvalue weighted by molar-refractivity contribution is 7.71. The topological polar surface area (TPSA) is 47.1 Å². The molecule has 1 heterocycles. The number of aromatic nitrogens is 2. The molecule has 4 nitrogen and oxygen atoms in total. The van der Waals surface area contributed by atoms with E-state index >= 15 is 0 Å². The SMILES string of the molecule is COc1ccc(Cc2nc(=S)c(C)c(C)[nH]2)cc1OC. The van der Waals surface area contributed by atoms with Crippen LogP contribution in [0.3, 0.4) is 0 Å². The average Bonchev–Trinajstić information content (AvgIpc) is 2.44. The number of hydrogen-bond acceptors (Lipinski definition) is 4. The summed E-state index contributed by atoms with van der Waals surface area (Å²) in [6.45, 7) is 3.98. The van der Waals surface area contributed by atoms with Crippen LogP contribution in [0.1, 0.15) is 22.6 Å². The van der Waals surface area contributed by atoms with Crippen LogP contribution in [0.2, 0.25) is 0 Å². The normalized spacial score (nSPS) is 10.4. The van der Waals surface area contributed by atoms with Gasteiger partial charge in [-0.3, -0.25) is 0 Å². The van der Waals surface area contributed by atoms with Gasteiger partial charge >= 0.3 is 0 Å². The van der Waals surface area contributed by atoms with Gasteiger partial charge < -0.3 is 14.5 Å². The quantitative estimate of drug-likeness (QED) is 0.877. The fourth-order valence-electron chi connectivity index (χ4n) is 1.97. The fraction of sp³-hybridized carbons (Fsp3) is 0.333. The molecule has 0 bridgehead atoms. The number of hydrogen-bond donors (Lipinski definition) is 1. The van der Waals surface area contributed by atoms with E-state index in [9.17, 15) is 0 Å². The second kappa shape index (κ2) is 6.05. The summed E-state index contributed by atoms with van der Waals surface area (Å²) in [4.78, 5) is 7.70. The highest BCUT2D eigenvalue weighted by Crippen LogP contribution is 2.28. The van der Waals surface area contributed by atoms with Gasteiger partial charge in [0.25, 0.3) is 0 Å². The Hall–Kier alpha value is -1.88. The molecule has 0 fully saturated rings. The van der Waals surface area contributed by atoms with Gasteiger partial charge in [0.05, 0.1) is 14.2 Å². The minimum atomic E-state index is 0.650. The predicted octanol–water partition coefficient (Wildman–Crippen LogP) is 3.36. The van der Waals surface area contributed by atoms with Crippen LogP contribution < -0.4 is 9.47 Å². The fourth-order valence-corrected chi connectivity index (χ4v) is 2.24. The van der Waals surface area contributed by atoms with Gasteiger partial charge in [-0.15, -0.1) is 0 Å². The summed E-state index contributed by atoms with van der Waals surface area (Å²) in [6.07, 6.45) is 0.672. The van der Waals surface area contributed by atoms with Gasteiger partial charge in [-0.25, -0.2) is 4.98 Å². The number of H-pyrrole nitrogens is 1. The summed E-state index contributed by atoms with van der Waals surface area (Å²) in [7, 11) is 3.25. The molecule has 1 aromatic heterocycles. The Morgan fingerprint density at radius 3 is 2.45 bits per heavy atom. The number of nitrogens with one attached hydrogen (secondary N) is 1. The maximum absolute atomic E-state index is 5.30. The van der Waals surface area contributed by atoms with Gasteiger partial charge in [-0.1, -0.05) is 18.3 Å². The lowest BCUT2D eigenvalue weighted by Crippen LogP contribution is -2.02. The van der Waals surface area contributed by atoms with Crippen LogP contribution >= 0.6 is 12.2 Å². The van der Waals surface area contributed by atoms with Crippen molar-refractivity contribution in [3.63, 3.8) is 0 Å². The van der Waals surface area contributed by atoms with E-state index in [0.717, 1.165) is 28.4 Å². The molecule has 0 spiro atoms. The van der Waals surface area contributed by atoms with E-state index in [4.69, 9.17) is 21.7 Å². The predicted molar refractivity (Wildman–Crippen MR) is 81.2 cm³/mol. The monoisotopic (exact) mass is 290 g/mol. The minimum Gasteiger partial charge on any atom is -0.493 e. The standard InChI is InChI=1S/C15H18N2O2S/c1-9-10(2)16-14(17-15(9)20)8-11-5-6-12(18-3)13(7-11)19-4/h5-7H,8H2,1-4H3,(H,16,17,20). The van der Waals surface area contributed by atoms with Crippen LogP contribution in [0.4, 0.5) is 0 Å². The number of benzene rings is 1. The summed E-state index contributed by atoms with van der Waals surface area (Å²) in [5.74, 6) is 2.29. The molecule has 0 saturated carbocycles. The molecule has 2 rings (SSSR count). The minimum absolute atomic E-state index is 0.650. The van der Waals surface area contributed by atoms with Crippen molar-refractivity contribution in [2.75, 3.05) is 14.2 Å². The van der Waals surface area contributed by atoms with Crippen molar-refractivity contribution >= 4 is 12.2 Å². The van der Waals surface area contributed by atoms with Gasteiger partial charge in [0.15, 0.2) is 11.5 Å². The van der Waals surface area contributed by atoms with Gasteiger partial charge in [-0.05, 0) is 31.5 Å². The molecule has 0 amide bonds. The average molecular weight is 290 g/mol.